The first-order valence-electron chi connectivity index (χ1n) is 30.6. The van der Waals surface area contributed by atoms with Crippen LogP contribution >= 0.6 is 0 Å². The van der Waals surface area contributed by atoms with E-state index in [4.69, 9.17) is 37.6 Å². The topological polar surface area (TPSA) is 111 Å². The van der Waals surface area contributed by atoms with Crippen molar-refractivity contribution in [2.75, 3.05) is 9.80 Å². The Bertz CT molecular complexity index is 6180. The zero-order valence-corrected chi connectivity index (χ0v) is 49.0. The molecular weight excluding hydrogens is 1130 g/mol. The van der Waals surface area contributed by atoms with Crippen LogP contribution in [-0.4, -0.2) is 19.9 Å². The Morgan fingerprint density at radius 1 is 0.239 bits per heavy atom. The molecule has 0 saturated carbocycles. The molecular formula is C82H48N6O4. The number of aromatic nitrogens is 4. The molecule has 19 aromatic rings. The lowest BCUT2D eigenvalue weighted by Gasteiger charge is -2.26. The van der Waals surface area contributed by atoms with Crippen LogP contribution in [0.15, 0.2) is 309 Å². The first kappa shape index (κ1) is 51.4. The minimum Gasteiger partial charge on any atom is -0.438 e. The fraction of sp³-hybridized carbons (Fsp3) is 0. The predicted molar refractivity (Wildman–Crippen MR) is 373 cm³/mol. The minimum atomic E-state index is 0.550. The Hall–Kier alpha value is -12.7. The number of rotatable bonds is 10. The number of para-hydroxylation sites is 4. The smallest absolute Gasteiger partial charge is 0.229 e. The van der Waals surface area contributed by atoms with Crippen molar-refractivity contribution in [3.05, 3.63) is 291 Å². The first-order chi connectivity index (χ1) is 45.5. The molecule has 0 unspecified atom stereocenters. The highest BCUT2D eigenvalue weighted by Gasteiger charge is 2.24. The summed E-state index contributed by atoms with van der Waals surface area (Å²) in [6.07, 6.45) is 3.73. The second-order valence-electron chi connectivity index (χ2n) is 23.3. The van der Waals surface area contributed by atoms with Gasteiger partial charge >= 0.3 is 0 Å². The Morgan fingerprint density at radius 3 is 1.37 bits per heavy atom. The maximum atomic E-state index is 6.49. The number of benzene rings is 11. The maximum absolute atomic E-state index is 6.49. The maximum Gasteiger partial charge on any atom is 0.229 e. The van der Waals surface area contributed by atoms with Gasteiger partial charge in [-0.15, -0.1) is 0 Å². The van der Waals surface area contributed by atoms with Gasteiger partial charge in [0, 0.05) is 43.6 Å². The fourth-order valence-electron chi connectivity index (χ4n) is 13.6. The Labute approximate surface area is 524 Å². The van der Waals surface area contributed by atoms with Crippen molar-refractivity contribution < 1.29 is 17.7 Å². The van der Waals surface area contributed by atoms with Crippen LogP contribution in [0, 0.1) is 0 Å². The fourth-order valence-corrected chi connectivity index (χ4v) is 13.6. The summed E-state index contributed by atoms with van der Waals surface area (Å²) >= 11 is 0. The first-order valence-corrected chi connectivity index (χ1v) is 30.6. The van der Waals surface area contributed by atoms with Gasteiger partial charge in [0.25, 0.3) is 0 Å². The average molecular weight is 1180 g/mol. The van der Waals surface area contributed by atoms with E-state index in [1.165, 1.54) is 21.5 Å². The highest BCUT2D eigenvalue weighted by molar-refractivity contribution is 6.15. The van der Waals surface area contributed by atoms with Crippen LogP contribution in [0.1, 0.15) is 0 Å². The lowest BCUT2D eigenvalue weighted by Crippen LogP contribution is -2.13. The van der Waals surface area contributed by atoms with E-state index in [9.17, 15) is 0 Å². The van der Waals surface area contributed by atoms with Crippen LogP contribution in [0.2, 0.25) is 0 Å². The molecule has 0 aliphatic rings. The summed E-state index contributed by atoms with van der Waals surface area (Å²) in [6, 6.07) is 97.4. The molecule has 10 heteroatoms. The highest BCUT2D eigenvalue weighted by atomic mass is 16.4. The molecule has 0 radical (unpaired) electrons. The van der Waals surface area contributed by atoms with E-state index in [-0.39, 0.29) is 0 Å². The normalized spacial score (nSPS) is 11.9. The second-order valence-corrected chi connectivity index (χ2v) is 23.3. The Kier molecular flexibility index (Phi) is 11.4. The van der Waals surface area contributed by atoms with Crippen LogP contribution in [0.4, 0.5) is 34.4 Å². The van der Waals surface area contributed by atoms with E-state index < -0.39 is 0 Å². The van der Waals surface area contributed by atoms with E-state index >= 15 is 0 Å². The summed E-state index contributed by atoms with van der Waals surface area (Å²) in [7, 11) is 0. The van der Waals surface area contributed by atoms with E-state index in [1.54, 1.807) is 0 Å². The van der Waals surface area contributed by atoms with Gasteiger partial charge in [-0.2, -0.15) is 9.97 Å². The summed E-state index contributed by atoms with van der Waals surface area (Å²) in [5, 5.41) is 12.5. The van der Waals surface area contributed by atoms with Crippen molar-refractivity contribution >= 4 is 144 Å². The Morgan fingerprint density at radius 2 is 0.717 bits per heavy atom. The predicted octanol–water partition coefficient (Wildman–Crippen LogP) is 22.8. The summed E-state index contributed by atoms with van der Waals surface area (Å²) in [5.41, 5.74) is 17.5. The van der Waals surface area contributed by atoms with E-state index in [0.29, 0.717) is 34.5 Å². The molecule has 92 heavy (non-hydrogen) atoms. The quantitative estimate of drug-likeness (QED) is 0.123. The number of furan rings is 4. The Balaban J connectivity index is 0.662. The number of hydrogen-bond acceptors (Lipinski definition) is 10. The number of pyridine rings is 4. The van der Waals surface area contributed by atoms with Crippen LogP contribution in [0.5, 0.6) is 0 Å². The highest BCUT2D eigenvalue weighted by Crippen LogP contribution is 2.46. The van der Waals surface area contributed by atoms with Gasteiger partial charge in [-0.1, -0.05) is 188 Å². The molecule has 0 aliphatic heterocycles. The molecule has 11 aromatic carbocycles. The van der Waals surface area contributed by atoms with Crippen LogP contribution in [0.3, 0.4) is 0 Å². The number of hydrogen-bond donors (Lipinski definition) is 0. The zero-order valence-electron chi connectivity index (χ0n) is 49.0. The van der Waals surface area contributed by atoms with Crippen LogP contribution in [-0.2, 0) is 0 Å². The van der Waals surface area contributed by atoms with Gasteiger partial charge in [0.1, 0.15) is 34.0 Å². The monoisotopic (exact) mass is 1180 g/mol. The largest absolute Gasteiger partial charge is 0.438 e. The zero-order chi connectivity index (χ0) is 60.4. The van der Waals surface area contributed by atoms with E-state index in [2.05, 4.69) is 228 Å². The summed E-state index contributed by atoms with van der Waals surface area (Å²) in [6.45, 7) is 0. The van der Waals surface area contributed by atoms with Crippen molar-refractivity contribution in [1.82, 2.24) is 19.9 Å². The summed E-state index contributed by atoms with van der Waals surface area (Å²) < 4.78 is 25.5. The van der Waals surface area contributed by atoms with Gasteiger partial charge in [0.2, 0.25) is 22.9 Å². The lowest BCUT2D eigenvalue weighted by molar-refractivity contribution is 0.653. The lowest BCUT2D eigenvalue weighted by atomic mass is 9.93. The molecule has 0 fully saturated rings. The van der Waals surface area contributed by atoms with Gasteiger partial charge in [-0.05, 0) is 151 Å². The third kappa shape index (κ3) is 8.35. The molecule has 0 spiro atoms. The van der Waals surface area contributed by atoms with E-state index in [0.717, 1.165) is 133 Å². The molecule has 0 amide bonds. The minimum absolute atomic E-state index is 0.550. The third-order valence-corrected chi connectivity index (χ3v) is 18.0. The summed E-state index contributed by atoms with van der Waals surface area (Å²) in [5.74, 6) is 1.38. The van der Waals surface area contributed by atoms with Crippen molar-refractivity contribution in [2.24, 2.45) is 0 Å². The van der Waals surface area contributed by atoms with Gasteiger partial charge in [-0.3, -0.25) is 9.80 Å². The number of nitrogens with zero attached hydrogens (tertiary/aromatic N) is 6. The standard InChI is InChI=1S/C82H48N6O4/c1-2-17-59-55(14-1)44-68(62-20-4-3-19-61(59)62)54-15-13-16-56(42-54)87(77-40-37-66-63-21-6-10-25-73(63)91-81(66)85-77)57-45-71-69-43-53(36-39-76(69)90-80(71)83-47-57)51-30-28-49(29-31-51)50-32-34-52(35-33-50)60-18-5-9-24-72(60)88(58-46-70-65-23-8-12-27-75(65)89-79(70)84-48-58)78-41-38-67-64-22-7-11-26-74(64)92-82(67)86-78/h1-48H. The van der Waals surface area contributed by atoms with Crippen molar-refractivity contribution in [3.63, 3.8) is 0 Å². The van der Waals surface area contributed by atoms with Gasteiger partial charge in [0.05, 0.1) is 40.2 Å². The van der Waals surface area contributed by atoms with Gasteiger partial charge < -0.3 is 17.7 Å². The number of anilines is 6. The molecule has 430 valence electrons. The van der Waals surface area contributed by atoms with Crippen molar-refractivity contribution in [2.45, 2.75) is 0 Å². The molecule has 8 heterocycles. The molecule has 0 N–H and O–H groups in total. The molecule has 10 nitrogen and oxygen atoms in total. The number of fused-ring (bicyclic) bond motifs is 15. The molecule has 19 rings (SSSR count). The average Bonchev–Trinajstić information content (AvgIpc) is 1.42. The second kappa shape index (κ2) is 20.5. The molecule has 0 aliphatic carbocycles. The third-order valence-electron chi connectivity index (χ3n) is 18.0. The summed E-state index contributed by atoms with van der Waals surface area (Å²) in [4.78, 5) is 24.7. The van der Waals surface area contributed by atoms with Gasteiger partial charge in [0.15, 0.2) is 0 Å². The SMILES string of the molecule is c1cc(-c2cc3ccccc3c3ccccc23)cc(N(c2cnc3oc4ccc(-c5ccc(-c6ccc(-c7ccccc7N(c7cnc8oc9ccccc9c8c7)c7ccc8c(n7)oc7ccccc78)cc6)cc5)cc4c3c2)c2ccc3c(n2)oc2ccccc23)c1. The van der Waals surface area contributed by atoms with E-state index in [1.807, 2.05) is 73.1 Å². The molecule has 8 aromatic heterocycles. The van der Waals surface area contributed by atoms with Crippen LogP contribution < -0.4 is 9.80 Å². The molecule has 0 bridgehead atoms. The molecule has 0 saturated heterocycles. The van der Waals surface area contributed by atoms with Gasteiger partial charge in [-0.25, -0.2) is 9.97 Å². The van der Waals surface area contributed by atoms with Crippen molar-refractivity contribution in [1.29, 1.82) is 0 Å². The van der Waals surface area contributed by atoms with Crippen molar-refractivity contribution in [3.8, 4) is 44.5 Å². The molecule has 0 atom stereocenters. The van der Waals surface area contributed by atoms with Crippen LogP contribution in [0.25, 0.3) is 154 Å².